The van der Waals surface area contributed by atoms with Crippen LogP contribution in [0.5, 0.6) is 0 Å². The third-order valence-corrected chi connectivity index (χ3v) is 4.40. The van der Waals surface area contributed by atoms with E-state index < -0.39 is 0 Å². The van der Waals surface area contributed by atoms with Crippen LogP contribution in [-0.2, 0) is 11.3 Å². The van der Waals surface area contributed by atoms with Gasteiger partial charge in [-0.05, 0) is 49.8 Å². The zero-order chi connectivity index (χ0) is 13.5. The lowest BCUT2D eigenvalue weighted by Crippen LogP contribution is -2.16. The maximum Gasteiger partial charge on any atom is 0.139 e. The van der Waals surface area contributed by atoms with Crippen molar-refractivity contribution in [2.24, 2.45) is 5.73 Å². The average molecular weight is 271 g/mol. The Hall–Kier alpha value is -1.39. The number of nitrogens with zero attached hydrogens (tertiary/aromatic N) is 2. The molecule has 0 radical (unpaired) electrons. The fraction of sp³-hybridized carbons (Fsp3) is 0.562. The molecule has 2 fully saturated rings. The molecule has 106 valence electrons. The number of hydrogen-bond donors (Lipinski definition) is 1. The third-order valence-electron chi connectivity index (χ3n) is 4.40. The number of aromatic nitrogens is 2. The highest BCUT2D eigenvalue weighted by Gasteiger charge is 2.32. The fourth-order valence-corrected chi connectivity index (χ4v) is 3.18. The van der Waals surface area contributed by atoms with Gasteiger partial charge in [-0.15, -0.1) is 0 Å². The molecular formula is C16H21N3O. The Kier molecular flexibility index (Phi) is 3.00. The summed E-state index contributed by atoms with van der Waals surface area (Å²) in [7, 11) is 0. The van der Waals surface area contributed by atoms with E-state index >= 15 is 0 Å². The van der Waals surface area contributed by atoms with Crippen LogP contribution in [0.4, 0.5) is 0 Å². The number of rotatable bonds is 3. The summed E-state index contributed by atoms with van der Waals surface area (Å²) in [6.45, 7) is 1.44. The Morgan fingerprint density at radius 2 is 2.15 bits per heavy atom. The first-order valence-electron chi connectivity index (χ1n) is 7.69. The molecule has 2 heterocycles. The summed E-state index contributed by atoms with van der Waals surface area (Å²) < 4.78 is 8.38. The SMILES string of the molecule is NCc1ccc2c(c1)nc(C1CCCCO1)n2C1CC1. The zero-order valence-corrected chi connectivity index (χ0v) is 11.7. The van der Waals surface area contributed by atoms with Crippen LogP contribution in [0.3, 0.4) is 0 Å². The van der Waals surface area contributed by atoms with Gasteiger partial charge in [0.25, 0.3) is 0 Å². The highest BCUT2D eigenvalue weighted by Crippen LogP contribution is 2.41. The molecule has 0 amide bonds. The van der Waals surface area contributed by atoms with Gasteiger partial charge in [0.05, 0.1) is 11.0 Å². The summed E-state index contributed by atoms with van der Waals surface area (Å²) in [5.74, 6) is 1.14. The second-order valence-corrected chi connectivity index (χ2v) is 5.95. The highest BCUT2D eigenvalue weighted by atomic mass is 16.5. The van der Waals surface area contributed by atoms with Crippen LogP contribution in [-0.4, -0.2) is 16.2 Å². The zero-order valence-electron chi connectivity index (χ0n) is 11.7. The second kappa shape index (κ2) is 4.86. The smallest absolute Gasteiger partial charge is 0.139 e. The molecule has 20 heavy (non-hydrogen) atoms. The lowest BCUT2D eigenvalue weighted by Gasteiger charge is -2.23. The van der Waals surface area contributed by atoms with Crippen LogP contribution < -0.4 is 5.73 Å². The average Bonchev–Trinajstić information content (AvgIpc) is 3.27. The summed E-state index contributed by atoms with van der Waals surface area (Å²) in [5.41, 5.74) is 9.21. The number of ether oxygens (including phenoxy) is 1. The molecule has 1 aliphatic carbocycles. The van der Waals surface area contributed by atoms with Crippen molar-refractivity contribution >= 4 is 11.0 Å². The van der Waals surface area contributed by atoms with Crippen molar-refractivity contribution in [1.82, 2.24) is 9.55 Å². The molecule has 1 saturated heterocycles. The lowest BCUT2D eigenvalue weighted by molar-refractivity contribution is 0.00761. The summed E-state index contributed by atoms with van der Waals surface area (Å²) in [5, 5.41) is 0. The van der Waals surface area contributed by atoms with Crippen LogP contribution in [0.2, 0.25) is 0 Å². The first-order valence-corrected chi connectivity index (χ1v) is 7.69. The van der Waals surface area contributed by atoms with Gasteiger partial charge >= 0.3 is 0 Å². The standard InChI is InChI=1S/C16H21N3O/c17-10-11-4-7-14-13(9-11)18-16(19(14)12-5-6-12)15-3-1-2-8-20-15/h4,7,9,12,15H,1-3,5-6,8,10,17H2. The highest BCUT2D eigenvalue weighted by molar-refractivity contribution is 5.77. The first-order chi connectivity index (χ1) is 9.86. The van der Waals surface area contributed by atoms with Crippen molar-refractivity contribution in [3.63, 3.8) is 0 Å². The third kappa shape index (κ3) is 2.03. The van der Waals surface area contributed by atoms with E-state index in [-0.39, 0.29) is 6.10 Å². The molecular weight excluding hydrogens is 250 g/mol. The minimum absolute atomic E-state index is 0.179. The van der Waals surface area contributed by atoms with Crippen molar-refractivity contribution in [1.29, 1.82) is 0 Å². The van der Waals surface area contributed by atoms with Crippen LogP contribution in [0, 0.1) is 0 Å². The van der Waals surface area contributed by atoms with E-state index in [4.69, 9.17) is 15.5 Å². The van der Waals surface area contributed by atoms with Crippen LogP contribution in [0.15, 0.2) is 18.2 Å². The van der Waals surface area contributed by atoms with Gasteiger partial charge in [-0.25, -0.2) is 4.98 Å². The summed E-state index contributed by atoms with van der Waals surface area (Å²) in [6.07, 6.45) is 6.23. The number of fused-ring (bicyclic) bond motifs is 1. The van der Waals surface area contributed by atoms with Gasteiger partial charge in [0.1, 0.15) is 11.9 Å². The molecule has 2 aliphatic rings. The molecule has 1 aliphatic heterocycles. The van der Waals surface area contributed by atoms with E-state index in [0.717, 1.165) is 29.9 Å². The Morgan fingerprint density at radius 1 is 1.25 bits per heavy atom. The lowest BCUT2D eigenvalue weighted by atomic mass is 10.1. The summed E-state index contributed by atoms with van der Waals surface area (Å²) >= 11 is 0. The van der Waals surface area contributed by atoms with Gasteiger partial charge < -0.3 is 15.0 Å². The van der Waals surface area contributed by atoms with Crippen LogP contribution >= 0.6 is 0 Å². The van der Waals surface area contributed by atoms with Crippen LogP contribution in [0.25, 0.3) is 11.0 Å². The maximum atomic E-state index is 5.96. The van der Waals surface area contributed by atoms with Gasteiger partial charge in [-0.3, -0.25) is 0 Å². The fourth-order valence-electron chi connectivity index (χ4n) is 3.18. The van der Waals surface area contributed by atoms with Gasteiger partial charge in [0.15, 0.2) is 0 Å². The van der Waals surface area contributed by atoms with E-state index in [0.29, 0.717) is 12.6 Å². The minimum atomic E-state index is 0.179. The van der Waals surface area contributed by atoms with E-state index in [9.17, 15) is 0 Å². The van der Waals surface area contributed by atoms with Gasteiger partial charge in [-0.2, -0.15) is 0 Å². The molecule has 1 atom stereocenters. The van der Waals surface area contributed by atoms with E-state index in [1.54, 1.807) is 0 Å². The maximum absolute atomic E-state index is 5.96. The normalized spacial score (nSPS) is 23.4. The van der Waals surface area contributed by atoms with Crippen molar-refractivity contribution in [2.75, 3.05) is 6.61 Å². The van der Waals surface area contributed by atoms with Crippen LogP contribution in [0.1, 0.15) is 55.6 Å². The Bertz CT molecular complexity index is 624. The van der Waals surface area contributed by atoms with Gasteiger partial charge in [0, 0.05) is 19.2 Å². The van der Waals surface area contributed by atoms with Gasteiger partial charge in [-0.1, -0.05) is 6.07 Å². The molecule has 0 bridgehead atoms. The number of hydrogen-bond acceptors (Lipinski definition) is 3. The summed E-state index contributed by atoms with van der Waals surface area (Å²) in [4.78, 5) is 4.89. The van der Waals surface area contributed by atoms with Crippen molar-refractivity contribution < 1.29 is 4.74 Å². The Morgan fingerprint density at radius 3 is 2.85 bits per heavy atom. The molecule has 2 N–H and O–H groups in total. The largest absolute Gasteiger partial charge is 0.370 e. The predicted molar refractivity (Wildman–Crippen MR) is 78.4 cm³/mol. The molecule has 2 aromatic rings. The molecule has 1 unspecified atom stereocenters. The first kappa shape index (κ1) is 12.4. The number of benzene rings is 1. The molecule has 4 heteroatoms. The van der Waals surface area contributed by atoms with Crippen molar-refractivity contribution in [3.05, 3.63) is 29.6 Å². The number of imidazole rings is 1. The summed E-state index contributed by atoms with van der Waals surface area (Å²) in [6, 6.07) is 7.05. The predicted octanol–water partition coefficient (Wildman–Crippen LogP) is 3.07. The molecule has 4 rings (SSSR count). The van der Waals surface area contributed by atoms with E-state index in [1.165, 1.54) is 31.2 Å². The quantitative estimate of drug-likeness (QED) is 0.933. The monoisotopic (exact) mass is 271 g/mol. The molecule has 4 nitrogen and oxygen atoms in total. The topological polar surface area (TPSA) is 53.1 Å². The van der Waals surface area contributed by atoms with Crippen molar-refractivity contribution in [3.8, 4) is 0 Å². The molecule has 1 aromatic heterocycles. The second-order valence-electron chi connectivity index (χ2n) is 5.95. The Labute approximate surface area is 118 Å². The molecule has 0 spiro atoms. The molecule has 1 saturated carbocycles. The van der Waals surface area contributed by atoms with E-state index in [2.05, 4.69) is 22.8 Å². The number of nitrogens with two attached hydrogens (primary N) is 1. The van der Waals surface area contributed by atoms with E-state index in [1.807, 2.05) is 0 Å². The van der Waals surface area contributed by atoms with Crippen molar-refractivity contribution in [2.45, 2.75) is 50.8 Å². The molecule has 1 aromatic carbocycles. The van der Waals surface area contributed by atoms with Gasteiger partial charge in [0.2, 0.25) is 0 Å². The Balaban J connectivity index is 1.83. The minimum Gasteiger partial charge on any atom is -0.370 e.